The van der Waals surface area contributed by atoms with Crippen LogP contribution in [0.5, 0.6) is 0 Å². The van der Waals surface area contributed by atoms with Gasteiger partial charge in [0.15, 0.2) is 5.13 Å². The van der Waals surface area contributed by atoms with E-state index in [-0.39, 0.29) is 5.91 Å². The Kier molecular flexibility index (Phi) is 3.66. The molecule has 0 bridgehead atoms. The fourth-order valence-corrected chi connectivity index (χ4v) is 2.84. The smallest absolute Gasteiger partial charge is 0.265 e. The molecular formula is C12H19N3OS. The molecule has 5 heteroatoms. The van der Waals surface area contributed by atoms with Crippen LogP contribution in [0.4, 0.5) is 5.13 Å². The predicted octanol–water partition coefficient (Wildman–Crippen LogP) is 2.23. The van der Waals surface area contributed by atoms with Gasteiger partial charge in [0.1, 0.15) is 4.88 Å². The minimum atomic E-state index is 0.158. The summed E-state index contributed by atoms with van der Waals surface area (Å²) in [5.41, 5.74) is 0.963. The maximum absolute atomic E-state index is 12.2. The minimum Gasteiger partial charge on any atom is -0.365 e. The fraction of sp³-hybridized carbons (Fsp3) is 0.667. The topological polar surface area (TPSA) is 45.2 Å². The Morgan fingerprint density at radius 2 is 2.29 bits per heavy atom. The van der Waals surface area contributed by atoms with E-state index in [1.807, 2.05) is 11.9 Å². The molecule has 94 valence electrons. The van der Waals surface area contributed by atoms with Crippen molar-refractivity contribution in [2.24, 2.45) is 5.92 Å². The van der Waals surface area contributed by atoms with Crippen molar-refractivity contribution in [2.75, 3.05) is 25.5 Å². The molecule has 2 heterocycles. The van der Waals surface area contributed by atoms with Crippen molar-refractivity contribution in [1.29, 1.82) is 0 Å². The van der Waals surface area contributed by atoms with Crippen molar-refractivity contribution in [3.8, 4) is 0 Å². The average molecular weight is 253 g/mol. The number of carbonyl (C=O) groups is 1. The van der Waals surface area contributed by atoms with E-state index in [1.165, 1.54) is 11.3 Å². The standard InChI is InChI=1S/C12H19N3OS/c1-8(2)4-6-15-7-5-9-10(11(15)16)17-12(13-3)14-9/h8H,4-7H2,1-3H3,(H,13,14). The molecular weight excluding hydrogens is 234 g/mol. The van der Waals surface area contributed by atoms with Gasteiger partial charge < -0.3 is 10.2 Å². The molecule has 1 aromatic heterocycles. The first-order valence-electron chi connectivity index (χ1n) is 6.08. The number of rotatable bonds is 4. The van der Waals surface area contributed by atoms with Gasteiger partial charge in [0, 0.05) is 26.6 Å². The lowest BCUT2D eigenvalue weighted by Gasteiger charge is -2.26. The van der Waals surface area contributed by atoms with Gasteiger partial charge in [-0.25, -0.2) is 4.98 Å². The van der Waals surface area contributed by atoms with Gasteiger partial charge in [-0.05, 0) is 12.3 Å². The van der Waals surface area contributed by atoms with E-state index in [0.29, 0.717) is 5.92 Å². The molecule has 1 amide bonds. The van der Waals surface area contributed by atoms with E-state index in [0.717, 1.165) is 41.6 Å². The minimum absolute atomic E-state index is 0.158. The highest BCUT2D eigenvalue weighted by Gasteiger charge is 2.27. The van der Waals surface area contributed by atoms with Crippen molar-refractivity contribution in [3.05, 3.63) is 10.6 Å². The maximum Gasteiger partial charge on any atom is 0.265 e. The van der Waals surface area contributed by atoms with E-state index < -0.39 is 0 Å². The molecule has 0 atom stereocenters. The number of fused-ring (bicyclic) bond motifs is 1. The van der Waals surface area contributed by atoms with E-state index >= 15 is 0 Å². The molecule has 0 saturated heterocycles. The van der Waals surface area contributed by atoms with E-state index in [9.17, 15) is 4.79 Å². The Morgan fingerprint density at radius 3 is 2.94 bits per heavy atom. The molecule has 0 radical (unpaired) electrons. The molecule has 2 rings (SSSR count). The number of thiazole rings is 1. The fourth-order valence-electron chi connectivity index (χ4n) is 1.91. The molecule has 0 fully saturated rings. The van der Waals surface area contributed by atoms with Crippen LogP contribution >= 0.6 is 11.3 Å². The summed E-state index contributed by atoms with van der Waals surface area (Å²) in [6.45, 7) is 6.05. The van der Waals surface area contributed by atoms with Gasteiger partial charge in [-0.1, -0.05) is 25.2 Å². The first-order chi connectivity index (χ1) is 8.11. The Labute approximate surface area is 106 Å². The highest BCUT2D eigenvalue weighted by molar-refractivity contribution is 7.17. The number of hydrogen-bond donors (Lipinski definition) is 1. The molecule has 17 heavy (non-hydrogen) atoms. The summed E-state index contributed by atoms with van der Waals surface area (Å²) in [5, 5.41) is 3.85. The van der Waals surface area contributed by atoms with E-state index in [2.05, 4.69) is 24.1 Å². The molecule has 1 aromatic rings. The normalized spacial score (nSPS) is 15.3. The largest absolute Gasteiger partial charge is 0.365 e. The third kappa shape index (κ3) is 2.60. The molecule has 0 unspecified atom stereocenters. The maximum atomic E-state index is 12.2. The first kappa shape index (κ1) is 12.4. The molecule has 0 aromatic carbocycles. The van der Waals surface area contributed by atoms with Crippen LogP contribution in [0.1, 0.15) is 35.6 Å². The molecule has 0 spiro atoms. The monoisotopic (exact) mass is 253 g/mol. The number of carbonyl (C=O) groups excluding carboxylic acids is 1. The Morgan fingerprint density at radius 1 is 1.53 bits per heavy atom. The Bertz CT molecular complexity index is 414. The third-order valence-electron chi connectivity index (χ3n) is 2.99. The molecule has 1 aliphatic heterocycles. The number of nitrogens with one attached hydrogen (secondary N) is 1. The summed E-state index contributed by atoms with van der Waals surface area (Å²) in [4.78, 5) is 19.4. The van der Waals surface area contributed by atoms with Crippen molar-refractivity contribution < 1.29 is 4.79 Å². The van der Waals surface area contributed by atoms with Crippen LogP contribution in [-0.2, 0) is 6.42 Å². The number of anilines is 1. The highest BCUT2D eigenvalue weighted by Crippen LogP contribution is 2.28. The zero-order chi connectivity index (χ0) is 12.4. The number of hydrogen-bond acceptors (Lipinski definition) is 4. The van der Waals surface area contributed by atoms with Gasteiger partial charge in [0.05, 0.1) is 5.69 Å². The molecule has 0 saturated carbocycles. The molecule has 1 aliphatic rings. The van der Waals surface area contributed by atoms with E-state index in [1.54, 1.807) is 0 Å². The quantitative estimate of drug-likeness (QED) is 0.895. The van der Waals surface area contributed by atoms with Crippen LogP contribution in [0.2, 0.25) is 0 Å². The first-order valence-corrected chi connectivity index (χ1v) is 6.90. The average Bonchev–Trinajstić information content (AvgIpc) is 2.72. The Hall–Kier alpha value is -1.10. The number of aromatic nitrogens is 1. The van der Waals surface area contributed by atoms with Crippen LogP contribution in [0, 0.1) is 5.92 Å². The zero-order valence-electron chi connectivity index (χ0n) is 10.6. The predicted molar refractivity (Wildman–Crippen MR) is 70.7 cm³/mol. The van der Waals surface area contributed by atoms with Crippen LogP contribution in [0.25, 0.3) is 0 Å². The van der Waals surface area contributed by atoms with Crippen molar-refractivity contribution in [1.82, 2.24) is 9.88 Å². The lowest BCUT2D eigenvalue weighted by molar-refractivity contribution is 0.0737. The number of nitrogens with zero attached hydrogens (tertiary/aromatic N) is 2. The summed E-state index contributed by atoms with van der Waals surface area (Å²) < 4.78 is 0. The van der Waals surface area contributed by atoms with Gasteiger partial charge >= 0.3 is 0 Å². The summed E-state index contributed by atoms with van der Waals surface area (Å²) >= 11 is 1.47. The van der Waals surface area contributed by atoms with Gasteiger partial charge in [-0.3, -0.25) is 4.79 Å². The third-order valence-corrected chi connectivity index (χ3v) is 4.09. The molecule has 1 N–H and O–H groups in total. The summed E-state index contributed by atoms with van der Waals surface area (Å²) in [6.07, 6.45) is 1.95. The SMILES string of the molecule is CNc1nc2c(s1)C(=O)N(CCC(C)C)CC2. The number of amides is 1. The summed E-state index contributed by atoms with van der Waals surface area (Å²) in [6, 6.07) is 0. The second-order valence-corrected chi connectivity index (χ2v) is 5.77. The Balaban J connectivity index is 2.09. The van der Waals surface area contributed by atoms with Crippen molar-refractivity contribution >= 4 is 22.4 Å². The molecule has 4 nitrogen and oxygen atoms in total. The van der Waals surface area contributed by atoms with Crippen LogP contribution < -0.4 is 5.32 Å². The van der Waals surface area contributed by atoms with Crippen LogP contribution in [0.3, 0.4) is 0 Å². The lowest BCUT2D eigenvalue weighted by atomic mass is 10.1. The van der Waals surface area contributed by atoms with Gasteiger partial charge in [-0.15, -0.1) is 0 Å². The van der Waals surface area contributed by atoms with Gasteiger partial charge in [-0.2, -0.15) is 0 Å². The second-order valence-electron chi connectivity index (χ2n) is 4.77. The highest BCUT2D eigenvalue weighted by atomic mass is 32.1. The van der Waals surface area contributed by atoms with Crippen LogP contribution in [0.15, 0.2) is 0 Å². The van der Waals surface area contributed by atoms with E-state index in [4.69, 9.17) is 0 Å². The van der Waals surface area contributed by atoms with Crippen LogP contribution in [-0.4, -0.2) is 35.9 Å². The van der Waals surface area contributed by atoms with Crippen molar-refractivity contribution in [2.45, 2.75) is 26.7 Å². The molecule has 0 aliphatic carbocycles. The van der Waals surface area contributed by atoms with Crippen molar-refractivity contribution in [3.63, 3.8) is 0 Å². The van der Waals surface area contributed by atoms with Gasteiger partial charge in [0.25, 0.3) is 5.91 Å². The lowest BCUT2D eigenvalue weighted by Crippen LogP contribution is -2.37. The second kappa shape index (κ2) is 5.04. The summed E-state index contributed by atoms with van der Waals surface area (Å²) in [7, 11) is 1.84. The van der Waals surface area contributed by atoms with Gasteiger partial charge in [0.2, 0.25) is 0 Å². The summed E-state index contributed by atoms with van der Waals surface area (Å²) in [5.74, 6) is 0.796. The zero-order valence-corrected chi connectivity index (χ0v) is 11.4.